The lowest BCUT2D eigenvalue weighted by Crippen LogP contribution is -2.26. The Kier molecular flexibility index (Phi) is 4.28. The van der Waals surface area contributed by atoms with Crippen LogP contribution in [0.2, 0.25) is 0 Å². The smallest absolute Gasteiger partial charge is 0.205 e. The van der Waals surface area contributed by atoms with Crippen molar-refractivity contribution in [3.05, 3.63) is 12.4 Å². The molecule has 0 spiro atoms. The SMILES string of the molecule is CCN(CCCBr)c1nccn1C. The number of aromatic nitrogens is 2. The van der Waals surface area contributed by atoms with Crippen LogP contribution in [-0.2, 0) is 7.05 Å². The molecule has 0 saturated carbocycles. The normalized spacial score (nSPS) is 10.4. The van der Waals surface area contributed by atoms with Crippen LogP contribution in [0.4, 0.5) is 5.95 Å². The first kappa shape index (κ1) is 10.6. The molecular formula is C9H16BrN3. The Morgan fingerprint density at radius 1 is 1.62 bits per heavy atom. The second-order valence-electron chi connectivity index (χ2n) is 2.96. The van der Waals surface area contributed by atoms with Crippen molar-refractivity contribution in [1.29, 1.82) is 0 Å². The first-order valence-corrected chi connectivity index (χ1v) is 5.70. The maximum absolute atomic E-state index is 4.31. The van der Waals surface area contributed by atoms with Gasteiger partial charge in [-0.05, 0) is 13.3 Å². The van der Waals surface area contributed by atoms with Gasteiger partial charge in [-0.25, -0.2) is 4.98 Å². The highest BCUT2D eigenvalue weighted by Crippen LogP contribution is 2.09. The van der Waals surface area contributed by atoms with Crippen molar-refractivity contribution < 1.29 is 0 Å². The van der Waals surface area contributed by atoms with Gasteiger partial charge in [0.05, 0.1) is 0 Å². The first-order chi connectivity index (χ1) is 6.29. The van der Waals surface area contributed by atoms with Gasteiger partial charge in [-0.1, -0.05) is 15.9 Å². The molecule has 0 fully saturated rings. The molecule has 0 N–H and O–H groups in total. The maximum atomic E-state index is 4.31. The third-order valence-electron chi connectivity index (χ3n) is 2.02. The highest BCUT2D eigenvalue weighted by atomic mass is 79.9. The van der Waals surface area contributed by atoms with Crippen LogP contribution >= 0.6 is 15.9 Å². The van der Waals surface area contributed by atoms with Gasteiger partial charge in [0.1, 0.15) is 0 Å². The Balaban J connectivity index is 2.61. The largest absolute Gasteiger partial charge is 0.343 e. The first-order valence-electron chi connectivity index (χ1n) is 4.57. The van der Waals surface area contributed by atoms with Gasteiger partial charge in [-0.3, -0.25) is 0 Å². The van der Waals surface area contributed by atoms with Gasteiger partial charge in [-0.2, -0.15) is 0 Å². The van der Waals surface area contributed by atoms with Crippen molar-refractivity contribution in [3.8, 4) is 0 Å². The minimum Gasteiger partial charge on any atom is -0.343 e. The molecule has 1 heterocycles. The van der Waals surface area contributed by atoms with E-state index >= 15 is 0 Å². The summed E-state index contributed by atoms with van der Waals surface area (Å²) in [4.78, 5) is 6.59. The second kappa shape index (κ2) is 5.27. The van der Waals surface area contributed by atoms with E-state index in [1.807, 2.05) is 19.4 Å². The Morgan fingerprint density at radius 2 is 2.38 bits per heavy atom. The Labute approximate surface area is 87.9 Å². The molecule has 1 aromatic heterocycles. The molecule has 0 saturated heterocycles. The van der Waals surface area contributed by atoms with Gasteiger partial charge in [0.25, 0.3) is 0 Å². The summed E-state index contributed by atoms with van der Waals surface area (Å²) >= 11 is 3.43. The summed E-state index contributed by atoms with van der Waals surface area (Å²) in [5.74, 6) is 1.06. The number of nitrogens with zero attached hydrogens (tertiary/aromatic N) is 3. The number of anilines is 1. The van der Waals surface area contributed by atoms with Crippen LogP contribution < -0.4 is 4.90 Å². The average molecular weight is 246 g/mol. The molecule has 0 aliphatic carbocycles. The Morgan fingerprint density at radius 3 is 2.85 bits per heavy atom. The predicted molar refractivity (Wildman–Crippen MR) is 59.5 cm³/mol. The maximum Gasteiger partial charge on any atom is 0.205 e. The number of imidazole rings is 1. The number of alkyl halides is 1. The molecular weight excluding hydrogens is 230 g/mol. The fourth-order valence-corrected chi connectivity index (χ4v) is 1.56. The number of halogens is 1. The van der Waals surface area contributed by atoms with E-state index in [9.17, 15) is 0 Å². The van der Waals surface area contributed by atoms with Crippen LogP contribution in [0.1, 0.15) is 13.3 Å². The fraction of sp³-hybridized carbons (Fsp3) is 0.667. The highest BCUT2D eigenvalue weighted by Gasteiger charge is 2.07. The second-order valence-corrected chi connectivity index (χ2v) is 3.75. The monoisotopic (exact) mass is 245 g/mol. The lowest BCUT2D eigenvalue weighted by molar-refractivity contribution is 0.739. The van der Waals surface area contributed by atoms with Gasteiger partial charge < -0.3 is 9.47 Å². The standard InChI is InChI=1S/C9H16BrN3/c1-3-13(7-4-5-10)9-11-6-8-12(9)2/h6,8H,3-5,7H2,1-2H3. The Hall–Kier alpha value is -0.510. The minimum absolute atomic E-state index is 1.01. The van der Waals surface area contributed by atoms with Gasteiger partial charge in [-0.15, -0.1) is 0 Å². The molecule has 3 nitrogen and oxygen atoms in total. The molecule has 4 heteroatoms. The van der Waals surface area contributed by atoms with Crippen LogP contribution in [0.25, 0.3) is 0 Å². The third kappa shape index (κ3) is 2.72. The summed E-state index contributed by atoms with van der Waals surface area (Å²) in [5, 5.41) is 1.05. The summed E-state index contributed by atoms with van der Waals surface area (Å²) in [5.41, 5.74) is 0. The van der Waals surface area contributed by atoms with Gasteiger partial charge in [0.15, 0.2) is 0 Å². The topological polar surface area (TPSA) is 21.1 Å². The van der Waals surface area contributed by atoms with E-state index in [0.717, 1.165) is 30.8 Å². The fourth-order valence-electron chi connectivity index (χ4n) is 1.31. The molecule has 13 heavy (non-hydrogen) atoms. The lowest BCUT2D eigenvalue weighted by Gasteiger charge is -2.21. The molecule has 0 aliphatic heterocycles. The molecule has 1 rings (SSSR count). The lowest BCUT2D eigenvalue weighted by atomic mass is 10.4. The van der Waals surface area contributed by atoms with Crippen LogP contribution in [0.5, 0.6) is 0 Å². The van der Waals surface area contributed by atoms with Gasteiger partial charge in [0.2, 0.25) is 5.95 Å². The van der Waals surface area contributed by atoms with Crippen LogP contribution in [-0.4, -0.2) is 28.0 Å². The van der Waals surface area contributed by atoms with E-state index in [2.05, 4.69) is 37.3 Å². The summed E-state index contributed by atoms with van der Waals surface area (Å²) in [6, 6.07) is 0. The van der Waals surface area contributed by atoms with Crippen molar-refractivity contribution >= 4 is 21.9 Å². The van der Waals surface area contributed by atoms with Crippen molar-refractivity contribution in [2.45, 2.75) is 13.3 Å². The van der Waals surface area contributed by atoms with Crippen LogP contribution in [0.3, 0.4) is 0 Å². The van der Waals surface area contributed by atoms with Crippen molar-refractivity contribution in [2.75, 3.05) is 23.3 Å². The van der Waals surface area contributed by atoms with Crippen LogP contribution in [0.15, 0.2) is 12.4 Å². The zero-order chi connectivity index (χ0) is 9.68. The van der Waals surface area contributed by atoms with Crippen molar-refractivity contribution in [3.63, 3.8) is 0 Å². The summed E-state index contributed by atoms with van der Waals surface area (Å²) < 4.78 is 2.05. The number of rotatable bonds is 5. The van der Waals surface area contributed by atoms with E-state index in [-0.39, 0.29) is 0 Å². The minimum atomic E-state index is 1.01. The molecule has 74 valence electrons. The van der Waals surface area contributed by atoms with Crippen molar-refractivity contribution in [1.82, 2.24) is 9.55 Å². The van der Waals surface area contributed by atoms with Gasteiger partial charge in [0, 0.05) is 37.9 Å². The van der Waals surface area contributed by atoms with E-state index in [1.165, 1.54) is 0 Å². The number of hydrogen-bond donors (Lipinski definition) is 0. The molecule has 0 atom stereocenters. The van der Waals surface area contributed by atoms with Crippen molar-refractivity contribution in [2.24, 2.45) is 7.05 Å². The van der Waals surface area contributed by atoms with E-state index in [1.54, 1.807) is 0 Å². The van der Waals surface area contributed by atoms with E-state index in [4.69, 9.17) is 0 Å². The average Bonchev–Trinajstić information content (AvgIpc) is 2.54. The molecule has 1 aromatic rings. The summed E-state index contributed by atoms with van der Waals surface area (Å²) in [7, 11) is 2.03. The molecule has 0 radical (unpaired) electrons. The summed E-state index contributed by atoms with van der Waals surface area (Å²) in [6.07, 6.45) is 4.97. The highest BCUT2D eigenvalue weighted by molar-refractivity contribution is 9.09. The number of aryl methyl sites for hydroxylation is 1. The third-order valence-corrected chi connectivity index (χ3v) is 2.58. The van der Waals surface area contributed by atoms with Crippen LogP contribution in [0, 0.1) is 0 Å². The predicted octanol–water partition coefficient (Wildman–Crippen LogP) is 2.03. The molecule has 0 aliphatic rings. The Bertz CT molecular complexity index is 247. The molecule has 0 unspecified atom stereocenters. The zero-order valence-corrected chi connectivity index (χ0v) is 9.79. The van der Waals surface area contributed by atoms with E-state index < -0.39 is 0 Å². The van der Waals surface area contributed by atoms with E-state index in [0.29, 0.717) is 0 Å². The quantitative estimate of drug-likeness (QED) is 0.741. The molecule has 0 bridgehead atoms. The molecule has 0 aromatic carbocycles. The van der Waals surface area contributed by atoms with Gasteiger partial charge >= 0.3 is 0 Å². The summed E-state index contributed by atoms with van der Waals surface area (Å²) in [6.45, 7) is 4.23. The molecule has 0 amide bonds. The number of hydrogen-bond acceptors (Lipinski definition) is 2. The zero-order valence-electron chi connectivity index (χ0n) is 8.20.